The van der Waals surface area contributed by atoms with Gasteiger partial charge in [-0.2, -0.15) is 0 Å². The topological polar surface area (TPSA) is 86.5 Å². The maximum atomic E-state index is 12.1. The zero-order valence-corrected chi connectivity index (χ0v) is 16.1. The van der Waals surface area contributed by atoms with Crippen LogP contribution >= 0.6 is 0 Å². The third-order valence-electron chi connectivity index (χ3n) is 4.49. The van der Waals surface area contributed by atoms with Gasteiger partial charge in [-0.15, -0.1) is 0 Å². The molecule has 0 amide bonds. The third-order valence-corrected chi connectivity index (χ3v) is 4.49. The average Bonchev–Trinajstić information content (AvgIpc) is 3.30. The van der Waals surface area contributed by atoms with Crippen LogP contribution in [0.3, 0.4) is 0 Å². The Labute approximate surface area is 166 Å². The first-order valence-corrected chi connectivity index (χ1v) is 9.11. The molecule has 0 saturated carbocycles. The number of nitrogens with one attached hydrogen (secondary N) is 1. The number of ketones is 1. The molecule has 0 unspecified atom stereocenters. The third kappa shape index (κ3) is 3.94. The van der Waals surface area contributed by atoms with Gasteiger partial charge in [0.15, 0.2) is 5.76 Å². The molecule has 4 aromatic rings. The Balaban J connectivity index is 1.71. The summed E-state index contributed by atoms with van der Waals surface area (Å²) in [5.74, 6) is 1.58. The van der Waals surface area contributed by atoms with E-state index in [2.05, 4.69) is 4.98 Å². The van der Waals surface area contributed by atoms with Gasteiger partial charge in [-0.1, -0.05) is 30.3 Å². The number of H-pyrrole nitrogens is 1. The Morgan fingerprint density at radius 3 is 2.69 bits per heavy atom. The minimum atomic E-state index is -0.367. The van der Waals surface area contributed by atoms with Crippen molar-refractivity contribution in [3.05, 3.63) is 70.8 Å². The lowest BCUT2D eigenvalue weighted by Crippen LogP contribution is -2.19. The highest BCUT2D eigenvalue weighted by molar-refractivity contribution is 5.89. The van der Waals surface area contributed by atoms with Crippen LogP contribution in [0.25, 0.3) is 22.4 Å². The monoisotopic (exact) mass is 392 g/mol. The van der Waals surface area contributed by atoms with Gasteiger partial charge in [0.05, 0.1) is 19.0 Å². The van der Waals surface area contributed by atoms with Gasteiger partial charge in [0.2, 0.25) is 0 Å². The number of imidazole rings is 1. The van der Waals surface area contributed by atoms with Crippen LogP contribution < -0.4 is 15.2 Å². The Hall–Kier alpha value is -3.74. The fourth-order valence-corrected chi connectivity index (χ4v) is 3.10. The van der Waals surface area contributed by atoms with E-state index >= 15 is 0 Å². The van der Waals surface area contributed by atoms with E-state index in [4.69, 9.17) is 13.9 Å². The van der Waals surface area contributed by atoms with E-state index in [1.807, 2.05) is 30.3 Å². The molecule has 1 N–H and O–H groups in total. The maximum absolute atomic E-state index is 12.1. The predicted octanol–water partition coefficient (Wildman–Crippen LogP) is 3.77. The van der Waals surface area contributed by atoms with Gasteiger partial charge in [0.1, 0.15) is 35.2 Å². The lowest BCUT2D eigenvalue weighted by Gasteiger charge is -2.09. The SMILES string of the molecule is COc1cc(OCc2ccccc2)c2cc(-c3cn(CC(C)=O)c(=O)[nH]3)oc2c1. The second-order valence-corrected chi connectivity index (χ2v) is 6.73. The van der Waals surface area contributed by atoms with E-state index in [9.17, 15) is 9.59 Å². The minimum Gasteiger partial charge on any atom is -0.496 e. The summed E-state index contributed by atoms with van der Waals surface area (Å²) in [7, 11) is 1.57. The maximum Gasteiger partial charge on any atom is 0.326 e. The molecule has 0 spiro atoms. The number of hydrogen-bond acceptors (Lipinski definition) is 5. The van der Waals surface area contributed by atoms with Crippen LogP contribution in [-0.2, 0) is 17.9 Å². The van der Waals surface area contributed by atoms with Crippen LogP contribution in [0.5, 0.6) is 11.5 Å². The zero-order valence-electron chi connectivity index (χ0n) is 16.1. The molecule has 2 aromatic carbocycles. The van der Waals surface area contributed by atoms with Gasteiger partial charge in [-0.3, -0.25) is 9.36 Å². The lowest BCUT2D eigenvalue weighted by molar-refractivity contribution is -0.117. The van der Waals surface area contributed by atoms with Crippen molar-refractivity contribution in [2.45, 2.75) is 20.1 Å². The summed E-state index contributed by atoms with van der Waals surface area (Å²) in [4.78, 5) is 26.1. The van der Waals surface area contributed by atoms with Crippen LogP contribution in [-0.4, -0.2) is 22.4 Å². The fourth-order valence-electron chi connectivity index (χ4n) is 3.10. The standard InChI is InChI=1S/C22H20N2O5/c1-14(25)11-24-12-18(23-22(24)26)21-10-17-19(8-16(27-2)9-20(17)29-21)28-13-15-6-4-3-5-7-15/h3-10,12H,11,13H2,1-2H3,(H,23,26). The fraction of sp³-hybridized carbons (Fsp3) is 0.182. The number of fused-ring (bicyclic) bond motifs is 1. The first-order valence-electron chi connectivity index (χ1n) is 9.11. The number of methoxy groups -OCH3 is 1. The highest BCUT2D eigenvalue weighted by atomic mass is 16.5. The number of carbonyl (C=O) groups is 1. The van der Waals surface area contributed by atoms with Gasteiger partial charge in [0, 0.05) is 18.3 Å². The largest absolute Gasteiger partial charge is 0.496 e. The quantitative estimate of drug-likeness (QED) is 0.517. The number of furan rings is 1. The summed E-state index contributed by atoms with van der Waals surface area (Å²) in [5.41, 5.74) is 1.73. The second-order valence-electron chi connectivity index (χ2n) is 6.73. The molecule has 7 heteroatoms. The average molecular weight is 392 g/mol. The normalized spacial score (nSPS) is 11.0. The molecule has 0 aliphatic rings. The molecule has 2 heterocycles. The molecule has 0 saturated heterocycles. The number of rotatable bonds is 7. The van der Waals surface area contributed by atoms with Crippen LogP contribution in [0.4, 0.5) is 0 Å². The van der Waals surface area contributed by atoms with Crippen molar-refractivity contribution in [2.24, 2.45) is 0 Å². The first-order chi connectivity index (χ1) is 14.0. The Morgan fingerprint density at radius 1 is 1.17 bits per heavy atom. The van der Waals surface area contributed by atoms with Crippen molar-refractivity contribution in [2.75, 3.05) is 7.11 Å². The van der Waals surface area contributed by atoms with Crippen molar-refractivity contribution in [3.8, 4) is 23.0 Å². The van der Waals surface area contributed by atoms with Gasteiger partial charge in [0.25, 0.3) is 0 Å². The van der Waals surface area contributed by atoms with Crippen LogP contribution in [0.1, 0.15) is 12.5 Å². The van der Waals surface area contributed by atoms with Gasteiger partial charge < -0.3 is 18.9 Å². The number of nitrogens with zero attached hydrogens (tertiary/aromatic N) is 1. The summed E-state index contributed by atoms with van der Waals surface area (Å²) in [6.45, 7) is 1.84. The Kier molecular flexibility index (Phi) is 4.95. The summed E-state index contributed by atoms with van der Waals surface area (Å²) in [6, 6.07) is 15.2. The molecule has 29 heavy (non-hydrogen) atoms. The van der Waals surface area contributed by atoms with E-state index in [0.717, 1.165) is 10.9 Å². The summed E-state index contributed by atoms with van der Waals surface area (Å²) in [6.07, 6.45) is 1.57. The van der Waals surface area contributed by atoms with Gasteiger partial charge in [-0.25, -0.2) is 4.79 Å². The highest BCUT2D eigenvalue weighted by Gasteiger charge is 2.16. The second kappa shape index (κ2) is 7.71. The summed E-state index contributed by atoms with van der Waals surface area (Å²) >= 11 is 0. The predicted molar refractivity (Wildman–Crippen MR) is 108 cm³/mol. The molecule has 0 fully saturated rings. The van der Waals surface area contributed by atoms with Gasteiger partial charge in [-0.05, 0) is 18.6 Å². The molecule has 4 rings (SSSR count). The van der Waals surface area contributed by atoms with E-state index < -0.39 is 0 Å². The van der Waals surface area contributed by atoms with Crippen molar-refractivity contribution < 1.29 is 18.7 Å². The molecule has 2 aromatic heterocycles. The van der Waals surface area contributed by atoms with E-state index in [0.29, 0.717) is 35.1 Å². The molecule has 0 aliphatic heterocycles. The van der Waals surface area contributed by atoms with E-state index in [1.54, 1.807) is 31.5 Å². The van der Waals surface area contributed by atoms with Gasteiger partial charge >= 0.3 is 5.69 Å². The van der Waals surface area contributed by atoms with E-state index in [-0.39, 0.29) is 18.0 Å². The molecule has 148 valence electrons. The number of hydrogen-bond donors (Lipinski definition) is 1. The Morgan fingerprint density at radius 2 is 1.97 bits per heavy atom. The molecule has 0 bridgehead atoms. The molecule has 0 radical (unpaired) electrons. The van der Waals surface area contributed by atoms with E-state index in [1.165, 1.54) is 11.5 Å². The van der Waals surface area contributed by atoms with Crippen molar-refractivity contribution in [3.63, 3.8) is 0 Å². The number of aromatic nitrogens is 2. The molecular weight excluding hydrogens is 372 g/mol. The number of aromatic amines is 1. The summed E-state index contributed by atoms with van der Waals surface area (Å²) < 4.78 is 18.6. The number of benzene rings is 2. The van der Waals surface area contributed by atoms with Crippen molar-refractivity contribution in [1.82, 2.24) is 9.55 Å². The molecule has 0 aliphatic carbocycles. The van der Waals surface area contributed by atoms with Crippen LogP contribution in [0.2, 0.25) is 0 Å². The van der Waals surface area contributed by atoms with Crippen molar-refractivity contribution >= 4 is 16.8 Å². The molecule has 0 atom stereocenters. The Bertz CT molecular complexity index is 1220. The highest BCUT2D eigenvalue weighted by Crippen LogP contribution is 2.36. The van der Waals surface area contributed by atoms with Crippen LogP contribution in [0, 0.1) is 0 Å². The first kappa shape index (κ1) is 18.6. The number of Topliss-reactive ketones (excluding diaryl/α,β-unsaturated/α-hetero) is 1. The number of ether oxygens (including phenoxy) is 2. The molecular formula is C22H20N2O5. The van der Waals surface area contributed by atoms with Crippen LogP contribution in [0.15, 0.2) is 63.9 Å². The van der Waals surface area contributed by atoms with Crippen molar-refractivity contribution in [1.29, 1.82) is 0 Å². The molecule has 7 nitrogen and oxygen atoms in total. The lowest BCUT2D eigenvalue weighted by atomic mass is 10.2. The smallest absolute Gasteiger partial charge is 0.326 e. The minimum absolute atomic E-state index is 0.00875. The summed E-state index contributed by atoms with van der Waals surface area (Å²) in [5, 5.41) is 0.761. The zero-order chi connectivity index (χ0) is 20.4. The number of carbonyl (C=O) groups excluding carboxylic acids is 1.